The number of fused-ring (bicyclic) bond motifs is 1. The van der Waals surface area contributed by atoms with Gasteiger partial charge in [-0.05, 0) is 68.3 Å². The standard InChI is InChI=1S/C30H43N5O2/c1-35(2)27(17-21-9-4-3-5-10-21)30(37)34-26(29(36)33-20-22-15-16-28(31)32-19-22)18-24-13-8-12-23-11-6-7-14-25(23)24/h3-5,9-10,15-16,19,23-27H,6-8,11-14,17-18,20H2,1-2H3,(H2,31,32)(H,33,36)(H,34,37)/t23?,24?,25?,26-,27?/m0/s1. The van der Waals surface area contributed by atoms with Gasteiger partial charge in [-0.25, -0.2) is 4.98 Å². The minimum atomic E-state index is -0.557. The lowest BCUT2D eigenvalue weighted by atomic mass is 9.64. The van der Waals surface area contributed by atoms with Crippen LogP contribution in [0.2, 0.25) is 0 Å². The van der Waals surface area contributed by atoms with Gasteiger partial charge in [0, 0.05) is 12.7 Å². The molecule has 2 saturated carbocycles. The minimum Gasteiger partial charge on any atom is -0.384 e. The molecule has 2 amide bonds. The monoisotopic (exact) mass is 505 g/mol. The largest absolute Gasteiger partial charge is 0.384 e. The summed E-state index contributed by atoms with van der Waals surface area (Å²) in [6, 6.07) is 12.7. The van der Waals surface area contributed by atoms with Gasteiger partial charge in [0.25, 0.3) is 0 Å². The molecule has 0 radical (unpaired) electrons. The van der Waals surface area contributed by atoms with E-state index in [1.807, 2.05) is 55.4 Å². The number of rotatable bonds is 10. The van der Waals surface area contributed by atoms with Crippen molar-refractivity contribution in [3.05, 3.63) is 59.8 Å². The van der Waals surface area contributed by atoms with Gasteiger partial charge in [-0.1, -0.05) is 74.9 Å². The number of carbonyl (C=O) groups excluding carboxylic acids is 2. The molecular formula is C30H43N5O2. The van der Waals surface area contributed by atoms with E-state index in [4.69, 9.17) is 5.73 Å². The van der Waals surface area contributed by atoms with Gasteiger partial charge >= 0.3 is 0 Å². The van der Waals surface area contributed by atoms with Gasteiger partial charge in [0.15, 0.2) is 0 Å². The molecule has 0 aliphatic heterocycles. The van der Waals surface area contributed by atoms with E-state index in [0.29, 0.717) is 37.0 Å². The first-order chi connectivity index (χ1) is 17.9. The molecule has 1 aromatic carbocycles. The highest BCUT2D eigenvalue weighted by Crippen LogP contribution is 2.45. The van der Waals surface area contributed by atoms with Crippen LogP contribution in [0.3, 0.4) is 0 Å². The highest BCUT2D eigenvalue weighted by Gasteiger charge is 2.38. The molecule has 0 spiro atoms. The number of nitrogens with zero attached hydrogens (tertiary/aromatic N) is 2. The molecule has 1 heterocycles. The lowest BCUT2D eigenvalue weighted by Gasteiger charge is -2.42. The molecule has 2 aliphatic carbocycles. The fourth-order valence-corrected chi connectivity index (χ4v) is 6.37. The van der Waals surface area contributed by atoms with E-state index < -0.39 is 6.04 Å². The van der Waals surface area contributed by atoms with Crippen LogP contribution in [-0.4, -0.2) is 47.9 Å². The van der Waals surface area contributed by atoms with Crippen molar-refractivity contribution < 1.29 is 9.59 Å². The Morgan fingerprint density at radius 3 is 2.46 bits per heavy atom. The first-order valence-electron chi connectivity index (χ1n) is 13.9. The maximum Gasteiger partial charge on any atom is 0.242 e. The Kier molecular flexibility index (Phi) is 9.56. The number of aromatic nitrogens is 1. The van der Waals surface area contributed by atoms with Gasteiger partial charge in [-0.3, -0.25) is 14.5 Å². The zero-order chi connectivity index (χ0) is 26.2. The summed E-state index contributed by atoms with van der Waals surface area (Å²) < 4.78 is 0. The van der Waals surface area contributed by atoms with E-state index in [0.717, 1.165) is 23.5 Å². The summed E-state index contributed by atoms with van der Waals surface area (Å²) in [5.41, 5.74) is 7.69. The third-order valence-corrected chi connectivity index (χ3v) is 8.41. The SMILES string of the molecule is CN(C)C(Cc1ccccc1)C(=O)N[C@@H](CC1CCCC2CCCCC21)C(=O)NCc1ccc(N)nc1. The molecular weight excluding hydrogens is 462 g/mol. The number of hydrogen-bond donors (Lipinski definition) is 3. The predicted molar refractivity (Wildman–Crippen MR) is 147 cm³/mol. The number of likely N-dealkylation sites (N-methyl/N-ethyl adjacent to an activating group) is 1. The molecule has 0 saturated heterocycles. The predicted octanol–water partition coefficient (Wildman–Crippen LogP) is 3.93. The number of amides is 2. The average Bonchev–Trinajstić information content (AvgIpc) is 2.91. The average molecular weight is 506 g/mol. The lowest BCUT2D eigenvalue weighted by molar-refractivity contribution is -0.132. The lowest BCUT2D eigenvalue weighted by Crippen LogP contribution is -2.54. The Hall–Kier alpha value is -2.93. The summed E-state index contributed by atoms with van der Waals surface area (Å²) in [4.78, 5) is 33.2. The summed E-state index contributed by atoms with van der Waals surface area (Å²) in [5.74, 6) is 2.15. The molecule has 7 nitrogen and oxygen atoms in total. The number of nitrogen functional groups attached to an aromatic ring is 1. The van der Waals surface area contributed by atoms with Crippen molar-refractivity contribution >= 4 is 17.6 Å². The van der Waals surface area contributed by atoms with Gasteiger partial charge in [0.2, 0.25) is 11.8 Å². The maximum atomic E-state index is 13.6. The molecule has 4 rings (SSSR count). The Bertz CT molecular complexity index is 1010. The van der Waals surface area contributed by atoms with Crippen LogP contribution in [0.4, 0.5) is 5.82 Å². The number of pyridine rings is 1. The minimum absolute atomic E-state index is 0.0980. The second-order valence-electron chi connectivity index (χ2n) is 11.2. The molecule has 2 aliphatic rings. The molecule has 5 atom stereocenters. The van der Waals surface area contributed by atoms with E-state index in [1.54, 1.807) is 12.3 Å². The van der Waals surface area contributed by atoms with Gasteiger partial charge < -0.3 is 16.4 Å². The highest BCUT2D eigenvalue weighted by molar-refractivity contribution is 5.90. The van der Waals surface area contributed by atoms with Crippen LogP contribution in [0.1, 0.15) is 62.5 Å². The fourth-order valence-electron chi connectivity index (χ4n) is 6.37. The van der Waals surface area contributed by atoms with E-state index >= 15 is 0 Å². The van der Waals surface area contributed by atoms with E-state index in [9.17, 15) is 9.59 Å². The third kappa shape index (κ3) is 7.54. The van der Waals surface area contributed by atoms with Crippen molar-refractivity contribution in [3.63, 3.8) is 0 Å². The molecule has 200 valence electrons. The zero-order valence-corrected chi connectivity index (χ0v) is 22.4. The summed E-state index contributed by atoms with van der Waals surface area (Å²) in [6.07, 6.45) is 11.8. The quantitative estimate of drug-likeness (QED) is 0.454. The number of benzene rings is 1. The van der Waals surface area contributed by atoms with Gasteiger partial charge in [0.1, 0.15) is 11.9 Å². The van der Waals surface area contributed by atoms with Crippen molar-refractivity contribution in [1.29, 1.82) is 0 Å². The van der Waals surface area contributed by atoms with Gasteiger partial charge in [-0.2, -0.15) is 0 Å². The molecule has 1 aromatic heterocycles. The van der Waals surface area contributed by atoms with Crippen molar-refractivity contribution in [3.8, 4) is 0 Å². The van der Waals surface area contributed by atoms with Crippen LogP contribution in [0.25, 0.3) is 0 Å². The number of nitrogens with two attached hydrogens (primary N) is 1. The zero-order valence-electron chi connectivity index (χ0n) is 22.4. The number of hydrogen-bond acceptors (Lipinski definition) is 5. The maximum absolute atomic E-state index is 13.6. The Morgan fingerprint density at radius 1 is 0.973 bits per heavy atom. The van der Waals surface area contributed by atoms with Crippen molar-refractivity contribution in [2.75, 3.05) is 19.8 Å². The molecule has 4 N–H and O–H groups in total. The van der Waals surface area contributed by atoms with E-state index in [-0.39, 0.29) is 17.9 Å². The number of nitrogens with one attached hydrogen (secondary N) is 2. The summed E-state index contributed by atoms with van der Waals surface area (Å²) in [5, 5.41) is 6.23. The molecule has 0 bridgehead atoms. The number of carbonyl (C=O) groups is 2. The third-order valence-electron chi connectivity index (χ3n) is 8.41. The first kappa shape index (κ1) is 27.1. The van der Waals surface area contributed by atoms with E-state index in [1.165, 1.54) is 38.5 Å². The van der Waals surface area contributed by atoms with Crippen LogP contribution in [-0.2, 0) is 22.6 Å². The summed E-state index contributed by atoms with van der Waals surface area (Å²) in [6.45, 7) is 0.357. The molecule has 4 unspecified atom stereocenters. The van der Waals surface area contributed by atoms with Crippen molar-refractivity contribution in [1.82, 2.24) is 20.5 Å². The van der Waals surface area contributed by atoms with Crippen LogP contribution >= 0.6 is 0 Å². The summed E-state index contributed by atoms with van der Waals surface area (Å²) in [7, 11) is 3.84. The second kappa shape index (κ2) is 13.0. The van der Waals surface area contributed by atoms with Crippen LogP contribution in [0.15, 0.2) is 48.7 Å². The molecule has 2 fully saturated rings. The molecule has 37 heavy (non-hydrogen) atoms. The molecule has 2 aromatic rings. The van der Waals surface area contributed by atoms with Gasteiger partial charge in [-0.15, -0.1) is 0 Å². The van der Waals surface area contributed by atoms with Crippen LogP contribution in [0, 0.1) is 17.8 Å². The Morgan fingerprint density at radius 2 is 1.73 bits per heavy atom. The normalized spacial score (nSPS) is 23.1. The van der Waals surface area contributed by atoms with E-state index in [2.05, 4.69) is 15.6 Å². The first-order valence-corrected chi connectivity index (χ1v) is 13.9. The second-order valence-corrected chi connectivity index (χ2v) is 11.2. The topological polar surface area (TPSA) is 100 Å². The Balaban J connectivity index is 1.47. The molecule has 7 heteroatoms. The fraction of sp³-hybridized carbons (Fsp3) is 0.567. The highest BCUT2D eigenvalue weighted by atomic mass is 16.2. The smallest absolute Gasteiger partial charge is 0.242 e. The Labute approximate surface area is 221 Å². The van der Waals surface area contributed by atoms with Crippen molar-refractivity contribution in [2.45, 2.75) is 76.4 Å². The number of anilines is 1. The van der Waals surface area contributed by atoms with Crippen molar-refractivity contribution in [2.24, 2.45) is 17.8 Å². The van der Waals surface area contributed by atoms with Crippen LogP contribution < -0.4 is 16.4 Å². The van der Waals surface area contributed by atoms with Crippen LogP contribution in [0.5, 0.6) is 0 Å². The van der Waals surface area contributed by atoms with Gasteiger partial charge in [0.05, 0.1) is 6.04 Å². The summed E-state index contributed by atoms with van der Waals surface area (Å²) >= 11 is 0.